The normalized spacial score (nSPS) is 13.6. The molecule has 0 spiro atoms. The van der Waals surface area contributed by atoms with E-state index in [1.807, 2.05) is 0 Å². The molecule has 0 amide bonds. The molecule has 0 heterocycles. The van der Waals surface area contributed by atoms with Crippen LogP contribution in [0.3, 0.4) is 0 Å². The van der Waals surface area contributed by atoms with E-state index < -0.39 is 0 Å². The number of nitrogens with zero attached hydrogens (tertiary/aromatic N) is 2. The van der Waals surface area contributed by atoms with Gasteiger partial charge >= 0.3 is 0 Å². The van der Waals surface area contributed by atoms with Crippen molar-refractivity contribution in [3.63, 3.8) is 0 Å². The van der Waals surface area contributed by atoms with Crippen LogP contribution in [0, 0.1) is 29.1 Å². The van der Waals surface area contributed by atoms with E-state index in [9.17, 15) is 0 Å². The lowest BCUT2D eigenvalue weighted by atomic mass is 9.97. The average molecular weight is 196 g/mol. The summed E-state index contributed by atoms with van der Waals surface area (Å²) >= 11 is 0. The van der Waals surface area contributed by atoms with Crippen molar-refractivity contribution in [2.24, 2.45) is 17.8 Å². The van der Waals surface area contributed by atoms with Crippen LogP contribution in [0.15, 0.2) is 0 Å². The first-order valence-electron chi connectivity index (χ1n) is 5.55. The molecule has 14 heavy (non-hydrogen) atoms. The highest BCUT2D eigenvalue weighted by atomic mass is 15.1. The van der Waals surface area contributed by atoms with Crippen LogP contribution >= 0.6 is 0 Å². The summed E-state index contributed by atoms with van der Waals surface area (Å²) in [7, 11) is 2.11. The fourth-order valence-corrected chi connectivity index (χ4v) is 1.31. The van der Waals surface area contributed by atoms with Gasteiger partial charge in [-0.3, -0.25) is 0 Å². The molecule has 0 aliphatic heterocycles. The van der Waals surface area contributed by atoms with Gasteiger partial charge < -0.3 is 4.90 Å². The molecule has 0 aromatic rings. The van der Waals surface area contributed by atoms with Crippen LogP contribution in [0.5, 0.6) is 0 Å². The first kappa shape index (κ1) is 13.4. The molecular formula is C12H24N2. The zero-order valence-electron chi connectivity index (χ0n) is 10.2. The third-order valence-corrected chi connectivity index (χ3v) is 2.57. The monoisotopic (exact) mass is 196 g/mol. The maximum absolute atomic E-state index is 8.95. The van der Waals surface area contributed by atoms with Crippen LogP contribution in [0.2, 0.25) is 0 Å². The Morgan fingerprint density at radius 3 is 2.14 bits per heavy atom. The third kappa shape index (κ3) is 5.99. The Morgan fingerprint density at radius 1 is 1.21 bits per heavy atom. The van der Waals surface area contributed by atoms with Gasteiger partial charge in [-0.05, 0) is 31.8 Å². The molecule has 82 valence electrons. The summed E-state index contributed by atoms with van der Waals surface area (Å²) in [5, 5.41) is 8.95. The Balaban J connectivity index is 3.80. The van der Waals surface area contributed by atoms with Crippen LogP contribution in [0.1, 0.15) is 34.1 Å². The Labute approximate surface area is 88.9 Å². The first-order valence-corrected chi connectivity index (χ1v) is 5.55. The van der Waals surface area contributed by atoms with Crippen molar-refractivity contribution in [1.29, 1.82) is 5.26 Å². The van der Waals surface area contributed by atoms with E-state index >= 15 is 0 Å². The van der Waals surface area contributed by atoms with E-state index in [2.05, 4.69) is 45.7 Å². The topological polar surface area (TPSA) is 27.0 Å². The largest absolute Gasteiger partial charge is 0.305 e. The second kappa shape index (κ2) is 6.84. The van der Waals surface area contributed by atoms with Gasteiger partial charge in [0.15, 0.2) is 0 Å². The molecule has 0 saturated carbocycles. The first-order chi connectivity index (χ1) is 6.47. The van der Waals surface area contributed by atoms with Gasteiger partial charge in [0, 0.05) is 6.54 Å². The van der Waals surface area contributed by atoms with Gasteiger partial charge in [-0.15, -0.1) is 0 Å². The van der Waals surface area contributed by atoms with Gasteiger partial charge in [0.2, 0.25) is 0 Å². The van der Waals surface area contributed by atoms with Crippen molar-refractivity contribution in [2.45, 2.75) is 34.1 Å². The summed E-state index contributed by atoms with van der Waals surface area (Å²) in [5.41, 5.74) is 0. The van der Waals surface area contributed by atoms with Gasteiger partial charge in [0.05, 0.1) is 12.0 Å². The summed E-state index contributed by atoms with van der Waals surface area (Å²) in [5.74, 6) is 1.38. The molecule has 0 N–H and O–H groups in total. The van der Waals surface area contributed by atoms with Crippen LogP contribution < -0.4 is 0 Å². The maximum Gasteiger partial charge on any atom is 0.0671 e. The fraction of sp³-hybridized carbons (Fsp3) is 0.917. The second-order valence-corrected chi connectivity index (χ2v) is 4.92. The lowest BCUT2D eigenvalue weighted by Gasteiger charge is -2.22. The molecule has 1 unspecified atom stereocenters. The predicted octanol–water partition coefficient (Wildman–Crippen LogP) is 2.76. The van der Waals surface area contributed by atoms with E-state index in [1.54, 1.807) is 0 Å². The van der Waals surface area contributed by atoms with Crippen LogP contribution in [0.25, 0.3) is 0 Å². The van der Waals surface area contributed by atoms with E-state index in [1.165, 1.54) is 6.42 Å². The highest BCUT2D eigenvalue weighted by Crippen LogP contribution is 2.11. The quantitative estimate of drug-likeness (QED) is 0.653. The maximum atomic E-state index is 8.95. The molecule has 0 radical (unpaired) electrons. The molecule has 0 fully saturated rings. The Morgan fingerprint density at radius 2 is 1.79 bits per heavy atom. The van der Waals surface area contributed by atoms with Crippen molar-refractivity contribution >= 4 is 0 Å². The third-order valence-electron chi connectivity index (χ3n) is 2.57. The van der Waals surface area contributed by atoms with E-state index in [-0.39, 0.29) is 5.92 Å². The van der Waals surface area contributed by atoms with Gasteiger partial charge in [-0.2, -0.15) is 5.26 Å². The SMILES string of the molecule is CC(C)CCN(C)CC(C#N)C(C)C. The molecule has 2 nitrogen and oxygen atoms in total. The van der Waals surface area contributed by atoms with Crippen LogP contribution in [0.4, 0.5) is 0 Å². The van der Waals surface area contributed by atoms with Crippen molar-refractivity contribution < 1.29 is 0 Å². The number of hydrogen-bond donors (Lipinski definition) is 0. The summed E-state index contributed by atoms with van der Waals surface area (Å²) in [4.78, 5) is 2.27. The highest BCUT2D eigenvalue weighted by molar-refractivity contribution is 4.86. The van der Waals surface area contributed by atoms with Gasteiger partial charge in [0.1, 0.15) is 0 Å². The molecule has 2 heteroatoms. The van der Waals surface area contributed by atoms with E-state index in [0.717, 1.165) is 19.0 Å². The van der Waals surface area contributed by atoms with Gasteiger partial charge in [0.25, 0.3) is 0 Å². The zero-order chi connectivity index (χ0) is 11.1. The fourth-order valence-electron chi connectivity index (χ4n) is 1.31. The van der Waals surface area contributed by atoms with Crippen molar-refractivity contribution in [2.75, 3.05) is 20.1 Å². The average Bonchev–Trinajstić information content (AvgIpc) is 2.10. The molecule has 0 aromatic carbocycles. The predicted molar refractivity (Wildman–Crippen MR) is 60.9 cm³/mol. The molecule has 0 rings (SSSR count). The minimum atomic E-state index is 0.173. The number of rotatable bonds is 6. The summed E-state index contributed by atoms with van der Waals surface area (Å²) < 4.78 is 0. The minimum Gasteiger partial charge on any atom is -0.305 e. The van der Waals surface area contributed by atoms with Crippen molar-refractivity contribution in [1.82, 2.24) is 4.90 Å². The van der Waals surface area contributed by atoms with Crippen LogP contribution in [-0.2, 0) is 0 Å². The van der Waals surface area contributed by atoms with Crippen LogP contribution in [-0.4, -0.2) is 25.0 Å². The smallest absolute Gasteiger partial charge is 0.0671 e. The van der Waals surface area contributed by atoms with Crippen molar-refractivity contribution in [3.8, 4) is 6.07 Å². The van der Waals surface area contributed by atoms with E-state index in [4.69, 9.17) is 5.26 Å². The summed E-state index contributed by atoms with van der Waals surface area (Å²) in [6.07, 6.45) is 1.22. The molecule has 0 aliphatic carbocycles. The lowest BCUT2D eigenvalue weighted by molar-refractivity contribution is 0.259. The molecule has 0 bridgehead atoms. The molecule has 0 aromatic heterocycles. The highest BCUT2D eigenvalue weighted by Gasteiger charge is 2.14. The zero-order valence-corrected chi connectivity index (χ0v) is 10.2. The van der Waals surface area contributed by atoms with Gasteiger partial charge in [-0.1, -0.05) is 27.7 Å². The van der Waals surface area contributed by atoms with Crippen molar-refractivity contribution in [3.05, 3.63) is 0 Å². The molecule has 1 atom stereocenters. The summed E-state index contributed by atoms with van der Waals surface area (Å²) in [6.45, 7) is 10.7. The molecule has 0 aliphatic rings. The number of nitriles is 1. The Bertz CT molecular complexity index is 179. The summed E-state index contributed by atoms with van der Waals surface area (Å²) in [6, 6.07) is 2.38. The molecule has 0 saturated heterocycles. The van der Waals surface area contributed by atoms with Gasteiger partial charge in [-0.25, -0.2) is 0 Å². The standard InChI is InChI=1S/C12H24N2/c1-10(2)6-7-14(5)9-12(8-13)11(3)4/h10-12H,6-7,9H2,1-5H3. The lowest BCUT2D eigenvalue weighted by Crippen LogP contribution is -2.29. The Kier molecular flexibility index (Phi) is 6.57. The second-order valence-electron chi connectivity index (χ2n) is 4.92. The van der Waals surface area contributed by atoms with E-state index in [0.29, 0.717) is 5.92 Å². The molecular weight excluding hydrogens is 172 g/mol. The Hall–Kier alpha value is -0.550. The minimum absolute atomic E-state index is 0.173. The number of hydrogen-bond acceptors (Lipinski definition) is 2.